The lowest BCUT2D eigenvalue weighted by molar-refractivity contribution is -0.155. The van der Waals surface area contributed by atoms with Crippen molar-refractivity contribution in [2.45, 2.75) is 90.8 Å². The average Bonchev–Trinajstić information content (AvgIpc) is 3.01. The summed E-state index contributed by atoms with van der Waals surface area (Å²) in [5.74, 6) is -0.289. The molecule has 2 heterocycles. The zero-order valence-electron chi connectivity index (χ0n) is 18.1. The number of ether oxygens (including phenoxy) is 1. The third-order valence-electron chi connectivity index (χ3n) is 5.30. The van der Waals surface area contributed by atoms with Crippen molar-refractivity contribution in [1.82, 2.24) is 14.1 Å². The van der Waals surface area contributed by atoms with Gasteiger partial charge < -0.3 is 4.74 Å². The van der Waals surface area contributed by atoms with Gasteiger partial charge in [0.15, 0.2) is 0 Å². The van der Waals surface area contributed by atoms with Crippen LogP contribution in [0.25, 0.3) is 0 Å². The topological polar surface area (TPSA) is 66.1 Å². The van der Waals surface area contributed by atoms with Gasteiger partial charge in [0.1, 0.15) is 5.60 Å². The first-order chi connectivity index (χ1) is 13.7. The van der Waals surface area contributed by atoms with Crippen molar-refractivity contribution < 1.29 is 9.53 Å². The van der Waals surface area contributed by atoms with E-state index in [1.165, 1.54) is 24.1 Å². The molecule has 158 valence electrons. The van der Waals surface area contributed by atoms with E-state index < -0.39 is 5.60 Å². The smallest absolute Gasteiger partial charge is 0.328 e. The Balaban J connectivity index is 1.54. The summed E-state index contributed by atoms with van der Waals surface area (Å²) >= 11 is 0. The molecule has 0 amide bonds. The van der Waals surface area contributed by atoms with Crippen LogP contribution in [0.4, 0.5) is 0 Å². The molecule has 0 radical (unpaired) electrons. The minimum absolute atomic E-state index is 0.0838. The number of aromatic nitrogens is 3. The maximum absolute atomic E-state index is 12.7. The van der Waals surface area contributed by atoms with Gasteiger partial charge in [0, 0.05) is 36.4 Å². The lowest BCUT2D eigenvalue weighted by atomic mass is 9.95. The lowest BCUT2D eigenvalue weighted by Crippen LogP contribution is -2.29. The first-order valence-corrected chi connectivity index (χ1v) is 10.7. The van der Waals surface area contributed by atoms with E-state index in [-0.39, 0.29) is 24.1 Å². The summed E-state index contributed by atoms with van der Waals surface area (Å²) in [6, 6.07) is 4.11. The fourth-order valence-corrected chi connectivity index (χ4v) is 3.85. The molecule has 2 aromatic heterocycles. The molecule has 3 rings (SSSR count). The molecule has 6 heteroatoms. The van der Waals surface area contributed by atoms with Crippen LogP contribution in [0.5, 0.6) is 0 Å². The Hall–Kier alpha value is -2.37. The predicted molar refractivity (Wildman–Crippen MR) is 113 cm³/mol. The van der Waals surface area contributed by atoms with E-state index in [1.54, 1.807) is 21.5 Å². The van der Waals surface area contributed by atoms with Crippen LogP contribution in [0.2, 0.25) is 0 Å². The fraction of sp³-hybridized carbons (Fsp3) is 0.609. The van der Waals surface area contributed by atoms with Crippen LogP contribution in [0.15, 0.2) is 29.3 Å². The predicted octanol–water partition coefficient (Wildman–Crippen LogP) is 3.85. The second-order valence-electron chi connectivity index (χ2n) is 9.04. The van der Waals surface area contributed by atoms with E-state index in [4.69, 9.17) is 9.72 Å². The van der Waals surface area contributed by atoms with Crippen molar-refractivity contribution >= 4 is 5.97 Å². The summed E-state index contributed by atoms with van der Waals surface area (Å²) in [5, 5.41) is 0. The lowest BCUT2D eigenvalue weighted by Gasteiger charge is -2.21. The van der Waals surface area contributed by atoms with Gasteiger partial charge in [0.2, 0.25) is 0 Å². The molecule has 29 heavy (non-hydrogen) atoms. The van der Waals surface area contributed by atoms with Crippen LogP contribution >= 0.6 is 0 Å². The molecule has 0 saturated heterocycles. The molecule has 0 bridgehead atoms. The zero-order chi connectivity index (χ0) is 21.0. The Morgan fingerprint density at radius 3 is 2.72 bits per heavy atom. The molecule has 0 aliphatic heterocycles. The molecular weight excluding hydrogens is 366 g/mol. The van der Waals surface area contributed by atoms with Gasteiger partial charge in [-0.1, -0.05) is 6.07 Å². The Morgan fingerprint density at radius 2 is 1.97 bits per heavy atom. The van der Waals surface area contributed by atoms with Gasteiger partial charge in [-0.3, -0.25) is 18.9 Å². The van der Waals surface area contributed by atoms with E-state index in [1.807, 2.05) is 27.7 Å². The Morgan fingerprint density at radius 1 is 1.21 bits per heavy atom. The summed E-state index contributed by atoms with van der Waals surface area (Å²) in [7, 11) is 0. The standard InChI is InChI=1S/C23H33N3O3/c1-17(16-21(27)29-23(2,3)4)26-15-14-25(22(26)28)13-7-9-19-12-11-18-8-5-6-10-20(18)24-19/h11-12,14-15,17H,5-10,13,16H2,1-4H3/t17-/m1/s1. The van der Waals surface area contributed by atoms with Crippen molar-refractivity contribution in [3.63, 3.8) is 0 Å². The highest BCUT2D eigenvalue weighted by Gasteiger charge is 2.20. The number of pyridine rings is 1. The number of carbonyl (C=O) groups is 1. The van der Waals surface area contributed by atoms with Crippen LogP contribution in [0, 0.1) is 0 Å². The van der Waals surface area contributed by atoms with E-state index in [2.05, 4.69) is 12.1 Å². The van der Waals surface area contributed by atoms with Gasteiger partial charge >= 0.3 is 11.7 Å². The Kier molecular flexibility index (Phi) is 6.60. The van der Waals surface area contributed by atoms with Crippen LogP contribution in [-0.4, -0.2) is 25.7 Å². The minimum atomic E-state index is -0.515. The normalized spacial score (nSPS) is 15.0. The molecule has 1 aliphatic rings. The van der Waals surface area contributed by atoms with Crippen molar-refractivity contribution in [3.8, 4) is 0 Å². The van der Waals surface area contributed by atoms with Crippen LogP contribution in [0.3, 0.4) is 0 Å². The maximum atomic E-state index is 12.7. The second-order valence-corrected chi connectivity index (χ2v) is 9.04. The van der Waals surface area contributed by atoms with Crippen molar-refractivity contribution in [2.24, 2.45) is 0 Å². The monoisotopic (exact) mass is 399 g/mol. The minimum Gasteiger partial charge on any atom is -0.460 e. The quantitative estimate of drug-likeness (QED) is 0.663. The summed E-state index contributed by atoms with van der Waals surface area (Å²) in [4.78, 5) is 29.5. The zero-order valence-corrected chi connectivity index (χ0v) is 18.1. The number of aryl methyl sites for hydroxylation is 4. The third-order valence-corrected chi connectivity index (χ3v) is 5.30. The first kappa shape index (κ1) is 21.3. The fourth-order valence-electron chi connectivity index (χ4n) is 3.85. The molecule has 1 aliphatic carbocycles. The highest BCUT2D eigenvalue weighted by Crippen LogP contribution is 2.20. The van der Waals surface area contributed by atoms with Crippen molar-refractivity contribution in [3.05, 3.63) is 52.0 Å². The Bertz CT molecular complexity index is 905. The maximum Gasteiger partial charge on any atom is 0.328 e. The van der Waals surface area contributed by atoms with Gasteiger partial charge in [0.25, 0.3) is 0 Å². The molecular formula is C23H33N3O3. The van der Waals surface area contributed by atoms with Gasteiger partial charge in [-0.15, -0.1) is 0 Å². The number of nitrogens with zero attached hydrogens (tertiary/aromatic N) is 3. The van der Waals surface area contributed by atoms with E-state index in [0.717, 1.165) is 31.4 Å². The van der Waals surface area contributed by atoms with Crippen LogP contribution in [-0.2, 0) is 35.3 Å². The van der Waals surface area contributed by atoms with Gasteiger partial charge in [-0.05, 0) is 77.8 Å². The van der Waals surface area contributed by atoms with Gasteiger partial charge in [0.05, 0.1) is 6.42 Å². The molecule has 0 saturated carbocycles. The first-order valence-electron chi connectivity index (χ1n) is 10.7. The van der Waals surface area contributed by atoms with E-state index >= 15 is 0 Å². The van der Waals surface area contributed by atoms with E-state index in [0.29, 0.717) is 6.54 Å². The largest absolute Gasteiger partial charge is 0.460 e. The highest BCUT2D eigenvalue weighted by atomic mass is 16.6. The second kappa shape index (κ2) is 8.97. The summed E-state index contributed by atoms with van der Waals surface area (Å²) in [5.41, 5.74) is 3.16. The molecule has 0 N–H and O–H groups in total. The number of carbonyl (C=O) groups excluding carboxylic acids is 1. The third kappa shape index (κ3) is 5.81. The van der Waals surface area contributed by atoms with Gasteiger partial charge in [-0.2, -0.15) is 0 Å². The van der Waals surface area contributed by atoms with Crippen LogP contribution < -0.4 is 5.69 Å². The SMILES string of the molecule is C[C@H](CC(=O)OC(C)(C)C)n1ccn(CCCc2ccc3c(n2)CCCC3)c1=O. The molecule has 0 fully saturated rings. The number of esters is 1. The van der Waals surface area contributed by atoms with Crippen LogP contribution in [0.1, 0.15) is 76.4 Å². The number of rotatable bonds is 7. The Labute approximate surface area is 172 Å². The number of imidazole rings is 1. The molecule has 0 spiro atoms. The molecule has 0 unspecified atom stereocenters. The van der Waals surface area contributed by atoms with Crippen molar-refractivity contribution in [2.75, 3.05) is 0 Å². The average molecular weight is 400 g/mol. The number of hydrogen-bond acceptors (Lipinski definition) is 4. The van der Waals surface area contributed by atoms with Crippen molar-refractivity contribution in [1.29, 1.82) is 0 Å². The molecule has 6 nitrogen and oxygen atoms in total. The molecule has 1 atom stereocenters. The van der Waals surface area contributed by atoms with E-state index in [9.17, 15) is 9.59 Å². The number of hydrogen-bond donors (Lipinski definition) is 0. The summed E-state index contributed by atoms with van der Waals surface area (Å²) in [6.45, 7) is 8.04. The van der Waals surface area contributed by atoms with Gasteiger partial charge in [-0.25, -0.2) is 4.79 Å². The summed E-state index contributed by atoms with van der Waals surface area (Å²) in [6.07, 6.45) is 10.2. The highest BCUT2D eigenvalue weighted by molar-refractivity contribution is 5.70. The molecule has 0 aromatic carbocycles. The number of fused-ring (bicyclic) bond motifs is 1. The molecule has 2 aromatic rings. The summed E-state index contributed by atoms with van der Waals surface area (Å²) < 4.78 is 8.69.